The van der Waals surface area contributed by atoms with E-state index >= 15 is 0 Å². The average Bonchev–Trinajstić information content (AvgIpc) is 2.76. The second-order valence-corrected chi connectivity index (χ2v) is 5.58. The maximum Gasteiger partial charge on any atom is 0.187 e. The maximum atomic E-state index is 14.5. The minimum atomic E-state index is -1.08. The summed E-state index contributed by atoms with van der Waals surface area (Å²) in [7, 11) is 3.51. The number of nitrogens with zero attached hydrogens (tertiary/aromatic N) is 2. The molecule has 1 fully saturated rings. The van der Waals surface area contributed by atoms with E-state index in [-0.39, 0.29) is 5.56 Å². The molecule has 1 unspecified atom stereocenters. The molecule has 0 spiro atoms. The fraction of sp³-hybridized carbons (Fsp3) is 0.188. The lowest BCUT2D eigenvalue weighted by molar-refractivity contribution is 0.198. The van der Waals surface area contributed by atoms with Crippen LogP contribution >= 0.6 is 12.2 Å². The molecule has 1 saturated heterocycles. The highest BCUT2D eigenvalue weighted by atomic mass is 32.1. The Kier molecular flexibility index (Phi) is 3.58. The second kappa shape index (κ2) is 5.30. The van der Waals surface area contributed by atoms with E-state index in [4.69, 9.17) is 12.2 Å². The van der Waals surface area contributed by atoms with Crippen molar-refractivity contribution in [3.8, 4) is 0 Å². The molecule has 0 saturated carbocycles. The molecule has 6 heteroatoms. The van der Waals surface area contributed by atoms with Gasteiger partial charge in [-0.15, -0.1) is 0 Å². The maximum absolute atomic E-state index is 14.5. The second-order valence-electron chi connectivity index (χ2n) is 5.21. The number of thiocarbonyl (C=S) groups is 1. The number of hydrogen-bond acceptors (Lipinski definition) is 2. The van der Waals surface area contributed by atoms with Crippen molar-refractivity contribution in [2.24, 2.45) is 0 Å². The quantitative estimate of drug-likeness (QED) is 0.858. The number of benzene rings is 2. The summed E-state index contributed by atoms with van der Waals surface area (Å²) in [5.74, 6) is -0.995. The summed E-state index contributed by atoms with van der Waals surface area (Å²) >= 11 is 5.36. The molecule has 2 aromatic rings. The fourth-order valence-corrected chi connectivity index (χ4v) is 3.03. The van der Waals surface area contributed by atoms with Crippen molar-refractivity contribution in [3.05, 3.63) is 71.3 Å². The average molecular weight is 319 g/mol. The van der Waals surface area contributed by atoms with Crippen molar-refractivity contribution >= 4 is 17.3 Å². The number of hydrogen-bond donors (Lipinski definition) is 1. The third-order valence-electron chi connectivity index (χ3n) is 3.92. The Morgan fingerprint density at radius 2 is 1.73 bits per heavy atom. The van der Waals surface area contributed by atoms with Gasteiger partial charge in [0.05, 0.1) is 0 Å². The predicted molar refractivity (Wildman–Crippen MR) is 84.8 cm³/mol. The Hall–Kier alpha value is -2.05. The third-order valence-corrected chi connectivity index (χ3v) is 4.46. The van der Waals surface area contributed by atoms with Crippen molar-refractivity contribution in [3.63, 3.8) is 0 Å². The summed E-state index contributed by atoms with van der Waals surface area (Å²) in [4.78, 5) is 1.73. The Labute approximate surface area is 133 Å². The van der Waals surface area contributed by atoms with E-state index in [1.54, 1.807) is 24.0 Å². The number of nitrogens with one attached hydrogen (secondary N) is 1. The molecule has 1 aliphatic heterocycles. The number of halogens is 2. The van der Waals surface area contributed by atoms with E-state index in [9.17, 15) is 8.78 Å². The molecule has 22 heavy (non-hydrogen) atoms. The van der Waals surface area contributed by atoms with Gasteiger partial charge in [-0.05, 0) is 36.0 Å². The Morgan fingerprint density at radius 1 is 1.05 bits per heavy atom. The van der Waals surface area contributed by atoms with Gasteiger partial charge in [-0.2, -0.15) is 5.43 Å². The van der Waals surface area contributed by atoms with Crippen molar-refractivity contribution in [1.29, 1.82) is 0 Å². The summed E-state index contributed by atoms with van der Waals surface area (Å²) < 4.78 is 28.2. The molecule has 0 aromatic heterocycles. The first-order valence-electron chi connectivity index (χ1n) is 6.77. The van der Waals surface area contributed by atoms with E-state index in [2.05, 4.69) is 5.43 Å². The Bertz CT molecular complexity index is 723. The number of rotatable bonds is 2. The van der Waals surface area contributed by atoms with E-state index in [0.29, 0.717) is 5.11 Å². The predicted octanol–water partition coefficient (Wildman–Crippen LogP) is 2.83. The summed E-state index contributed by atoms with van der Waals surface area (Å²) in [5, 5.41) is 2.12. The van der Waals surface area contributed by atoms with Crippen molar-refractivity contribution in [1.82, 2.24) is 15.3 Å². The number of hydrazine groups is 1. The van der Waals surface area contributed by atoms with Crippen molar-refractivity contribution in [2.45, 2.75) is 5.66 Å². The minimum Gasteiger partial charge on any atom is -0.323 e. The molecular formula is C16H15F2N3S. The molecule has 3 rings (SSSR count). The molecule has 2 aromatic carbocycles. The molecule has 0 bridgehead atoms. The van der Waals surface area contributed by atoms with Crippen LogP contribution in [0.15, 0.2) is 48.5 Å². The van der Waals surface area contributed by atoms with Crippen LogP contribution in [0.4, 0.5) is 8.78 Å². The highest BCUT2D eigenvalue weighted by molar-refractivity contribution is 7.80. The van der Waals surface area contributed by atoms with Gasteiger partial charge in [0.2, 0.25) is 0 Å². The zero-order valence-electron chi connectivity index (χ0n) is 12.2. The van der Waals surface area contributed by atoms with Gasteiger partial charge < -0.3 is 4.90 Å². The van der Waals surface area contributed by atoms with Gasteiger partial charge in [0.1, 0.15) is 11.6 Å². The molecular weight excluding hydrogens is 304 g/mol. The summed E-state index contributed by atoms with van der Waals surface area (Å²) in [5.41, 5.74) is 3.05. The summed E-state index contributed by atoms with van der Waals surface area (Å²) in [6, 6.07) is 12.7. The van der Waals surface area contributed by atoms with Crippen LogP contribution < -0.4 is 5.43 Å². The smallest absolute Gasteiger partial charge is 0.187 e. The monoisotopic (exact) mass is 319 g/mol. The topological polar surface area (TPSA) is 18.5 Å². The lowest BCUT2D eigenvalue weighted by Crippen LogP contribution is -2.50. The van der Waals surface area contributed by atoms with Crippen molar-refractivity contribution < 1.29 is 8.78 Å². The molecule has 1 atom stereocenters. The van der Waals surface area contributed by atoms with Gasteiger partial charge in [0.15, 0.2) is 10.8 Å². The van der Waals surface area contributed by atoms with Gasteiger partial charge in [0, 0.05) is 19.7 Å². The molecule has 1 N–H and O–H groups in total. The molecule has 0 aliphatic carbocycles. The van der Waals surface area contributed by atoms with Crippen LogP contribution in [0.5, 0.6) is 0 Å². The fourth-order valence-electron chi connectivity index (χ4n) is 2.84. The highest BCUT2D eigenvalue weighted by Crippen LogP contribution is 2.38. The van der Waals surface area contributed by atoms with E-state index in [0.717, 1.165) is 17.7 Å². The lowest BCUT2D eigenvalue weighted by Gasteiger charge is -2.36. The minimum absolute atomic E-state index is 0.188. The molecule has 114 valence electrons. The summed E-state index contributed by atoms with van der Waals surface area (Å²) in [6.45, 7) is 0. The Balaban J connectivity index is 2.30. The van der Waals surface area contributed by atoms with E-state index in [1.165, 1.54) is 6.07 Å². The SMILES string of the molecule is CN1NC(c2ccccc2)(c2cc(F)ccc2F)N(C)C1=S. The van der Waals surface area contributed by atoms with Crippen LogP contribution in [0, 0.1) is 11.6 Å². The van der Waals surface area contributed by atoms with E-state index < -0.39 is 17.3 Å². The normalized spacial score (nSPS) is 21.5. The zero-order valence-corrected chi connectivity index (χ0v) is 13.0. The van der Waals surface area contributed by atoms with Crippen LogP contribution in [0.2, 0.25) is 0 Å². The largest absolute Gasteiger partial charge is 0.323 e. The van der Waals surface area contributed by atoms with Crippen LogP contribution in [-0.2, 0) is 5.66 Å². The molecule has 0 amide bonds. The molecule has 0 radical (unpaired) electrons. The van der Waals surface area contributed by atoms with Gasteiger partial charge in [0.25, 0.3) is 0 Å². The standard InChI is InChI=1S/C16H15F2N3S/c1-20-15(22)21(2)19-16(20,11-6-4-3-5-7-11)13-10-12(17)8-9-14(13)18/h3-10,19H,1-2H3. The van der Waals surface area contributed by atoms with Crippen LogP contribution in [0.25, 0.3) is 0 Å². The summed E-state index contributed by atoms with van der Waals surface area (Å²) in [6.07, 6.45) is 0. The van der Waals surface area contributed by atoms with Crippen LogP contribution in [0.1, 0.15) is 11.1 Å². The first-order chi connectivity index (χ1) is 10.5. The van der Waals surface area contributed by atoms with Gasteiger partial charge in [-0.3, -0.25) is 5.01 Å². The highest BCUT2D eigenvalue weighted by Gasteiger charge is 2.48. The van der Waals surface area contributed by atoms with Gasteiger partial charge >= 0.3 is 0 Å². The zero-order chi connectivity index (χ0) is 15.9. The van der Waals surface area contributed by atoms with E-state index in [1.807, 2.05) is 30.3 Å². The first-order valence-corrected chi connectivity index (χ1v) is 7.18. The van der Waals surface area contributed by atoms with Crippen molar-refractivity contribution in [2.75, 3.05) is 14.1 Å². The van der Waals surface area contributed by atoms with Crippen LogP contribution in [-0.4, -0.2) is 29.1 Å². The Morgan fingerprint density at radius 3 is 2.32 bits per heavy atom. The lowest BCUT2D eigenvalue weighted by atomic mass is 9.90. The molecule has 3 nitrogen and oxygen atoms in total. The molecule has 1 aliphatic rings. The van der Waals surface area contributed by atoms with Gasteiger partial charge in [-0.1, -0.05) is 30.3 Å². The van der Waals surface area contributed by atoms with Crippen LogP contribution in [0.3, 0.4) is 0 Å². The first kappa shape index (κ1) is 14.9. The third kappa shape index (κ3) is 2.07. The molecule has 1 heterocycles. The van der Waals surface area contributed by atoms with Gasteiger partial charge in [-0.25, -0.2) is 8.78 Å².